The van der Waals surface area contributed by atoms with Crippen LogP contribution < -0.4 is 5.32 Å². The Morgan fingerprint density at radius 2 is 2.10 bits per heavy atom. The van der Waals surface area contributed by atoms with E-state index in [1.54, 1.807) is 24.3 Å². The fourth-order valence-corrected chi connectivity index (χ4v) is 3.89. The van der Waals surface area contributed by atoms with Crippen molar-refractivity contribution < 1.29 is 13.2 Å². The van der Waals surface area contributed by atoms with Crippen molar-refractivity contribution in [2.24, 2.45) is 0 Å². The van der Waals surface area contributed by atoms with Gasteiger partial charge in [0.15, 0.2) is 9.84 Å². The summed E-state index contributed by atoms with van der Waals surface area (Å²) in [6.07, 6.45) is 0.138. The second-order valence-electron chi connectivity index (χ2n) is 5.12. The summed E-state index contributed by atoms with van der Waals surface area (Å²) in [6.45, 7) is 3.55. The molecule has 1 heterocycles. The molecule has 7 heteroatoms. The zero-order valence-corrected chi connectivity index (χ0v) is 14.5. The van der Waals surface area contributed by atoms with Crippen molar-refractivity contribution in [3.05, 3.63) is 28.7 Å². The van der Waals surface area contributed by atoms with Crippen LogP contribution in [0.5, 0.6) is 0 Å². The van der Waals surface area contributed by atoms with Gasteiger partial charge in [-0.1, -0.05) is 15.9 Å². The highest BCUT2D eigenvalue weighted by Gasteiger charge is 2.22. The van der Waals surface area contributed by atoms with E-state index < -0.39 is 9.84 Å². The minimum atomic E-state index is -3.23. The van der Waals surface area contributed by atoms with Crippen molar-refractivity contribution in [3.8, 4) is 0 Å². The number of morpholine rings is 1. The molecule has 1 atom stereocenters. The van der Waals surface area contributed by atoms with Crippen molar-refractivity contribution in [2.75, 3.05) is 45.6 Å². The number of ether oxygens (including phenoxy) is 1. The topological polar surface area (TPSA) is 58.6 Å². The quantitative estimate of drug-likeness (QED) is 0.806. The van der Waals surface area contributed by atoms with E-state index in [4.69, 9.17) is 4.74 Å². The average Bonchev–Trinajstić information content (AvgIpc) is 2.47. The first kappa shape index (κ1) is 16.9. The fraction of sp³-hybridized carbons (Fsp3) is 0.571. The van der Waals surface area contributed by atoms with Crippen LogP contribution in [0.15, 0.2) is 33.6 Å². The average molecular weight is 377 g/mol. The molecule has 0 aromatic heterocycles. The lowest BCUT2D eigenvalue weighted by Crippen LogP contribution is -2.47. The summed E-state index contributed by atoms with van der Waals surface area (Å²) in [5.74, 6) is 0.140. The summed E-state index contributed by atoms with van der Waals surface area (Å²) >= 11 is 3.31. The highest BCUT2D eigenvalue weighted by molar-refractivity contribution is 9.10. The number of hydrogen-bond acceptors (Lipinski definition) is 5. The van der Waals surface area contributed by atoms with Gasteiger partial charge in [-0.05, 0) is 31.3 Å². The summed E-state index contributed by atoms with van der Waals surface area (Å²) < 4.78 is 31.1. The molecule has 1 aromatic rings. The van der Waals surface area contributed by atoms with E-state index in [1.807, 2.05) is 7.05 Å². The Bertz CT molecular complexity index is 546. The van der Waals surface area contributed by atoms with Crippen LogP contribution in [0.3, 0.4) is 0 Å². The lowest BCUT2D eigenvalue weighted by atomic mass is 10.2. The third-order valence-corrected chi connectivity index (χ3v) is 5.74. The maximum Gasteiger partial charge on any atom is 0.179 e. The van der Waals surface area contributed by atoms with Gasteiger partial charge in [-0.25, -0.2) is 8.42 Å². The maximum atomic E-state index is 12.3. The van der Waals surface area contributed by atoms with E-state index in [0.717, 1.165) is 24.1 Å². The van der Waals surface area contributed by atoms with Gasteiger partial charge in [0.2, 0.25) is 0 Å². The van der Waals surface area contributed by atoms with Crippen LogP contribution in [0.2, 0.25) is 0 Å². The molecule has 0 saturated carbocycles. The van der Waals surface area contributed by atoms with E-state index in [0.29, 0.717) is 18.0 Å². The number of halogens is 1. The van der Waals surface area contributed by atoms with Gasteiger partial charge in [0.25, 0.3) is 0 Å². The van der Waals surface area contributed by atoms with Gasteiger partial charge in [0.05, 0.1) is 23.4 Å². The summed E-state index contributed by atoms with van der Waals surface area (Å²) in [6, 6.07) is 6.79. The van der Waals surface area contributed by atoms with Gasteiger partial charge in [-0.2, -0.15) is 0 Å². The van der Waals surface area contributed by atoms with Crippen LogP contribution in [-0.4, -0.2) is 65.0 Å². The number of rotatable bonds is 6. The molecule has 2 rings (SSSR count). The minimum Gasteiger partial charge on any atom is -0.374 e. The van der Waals surface area contributed by atoms with E-state index >= 15 is 0 Å². The first-order chi connectivity index (χ1) is 10.0. The van der Waals surface area contributed by atoms with Crippen molar-refractivity contribution in [2.45, 2.75) is 11.0 Å². The van der Waals surface area contributed by atoms with E-state index in [-0.39, 0.29) is 11.9 Å². The smallest absolute Gasteiger partial charge is 0.179 e. The van der Waals surface area contributed by atoms with E-state index in [2.05, 4.69) is 26.1 Å². The number of nitrogens with one attached hydrogen (secondary N) is 1. The standard InChI is InChI=1S/C14H21BrN2O3S/c1-16-10-13-11-17(6-8-20-13)7-9-21(18,19)14-4-2-12(15)3-5-14/h2-5,13,16H,6-11H2,1H3. The Morgan fingerprint density at radius 3 is 2.76 bits per heavy atom. The SMILES string of the molecule is CNCC1CN(CCS(=O)(=O)c2ccc(Br)cc2)CCO1. The maximum absolute atomic E-state index is 12.3. The number of likely N-dealkylation sites (N-methyl/N-ethyl adjacent to an activating group) is 1. The van der Waals surface area contributed by atoms with Gasteiger partial charge in [-0.3, -0.25) is 4.90 Å². The first-order valence-corrected chi connectivity index (χ1v) is 9.42. The number of sulfone groups is 1. The predicted molar refractivity (Wildman–Crippen MR) is 86.3 cm³/mol. The number of hydrogen-bond donors (Lipinski definition) is 1. The van der Waals surface area contributed by atoms with Crippen LogP contribution in [0, 0.1) is 0 Å². The van der Waals surface area contributed by atoms with Crippen molar-refractivity contribution in [3.63, 3.8) is 0 Å². The molecule has 1 N–H and O–H groups in total. The second kappa shape index (κ2) is 7.69. The van der Waals surface area contributed by atoms with Crippen molar-refractivity contribution >= 4 is 25.8 Å². The highest BCUT2D eigenvalue weighted by atomic mass is 79.9. The van der Waals surface area contributed by atoms with Crippen molar-refractivity contribution in [1.29, 1.82) is 0 Å². The summed E-state index contributed by atoms with van der Waals surface area (Å²) in [4.78, 5) is 2.53. The van der Waals surface area contributed by atoms with Gasteiger partial charge in [-0.15, -0.1) is 0 Å². The van der Waals surface area contributed by atoms with Gasteiger partial charge < -0.3 is 10.1 Å². The van der Waals surface area contributed by atoms with Crippen LogP contribution >= 0.6 is 15.9 Å². The second-order valence-corrected chi connectivity index (χ2v) is 8.15. The zero-order valence-electron chi connectivity index (χ0n) is 12.1. The van der Waals surface area contributed by atoms with Gasteiger partial charge >= 0.3 is 0 Å². The molecule has 0 radical (unpaired) electrons. The zero-order chi connectivity index (χ0) is 15.3. The van der Waals surface area contributed by atoms with Gasteiger partial charge in [0, 0.05) is 30.7 Å². The third-order valence-electron chi connectivity index (χ3n) is 3.50. The Labute approximate surface area is 134 Å². The van der Waals surface area contributed by atoms with Crippen LogP contribution in [-0.2, 0) is 14.6 Å². The lowest BCUT2D eigenvalue weighted by Gasteiger charge is -2.32. The van der Waals surface area contributed by atoms with E-state index in [1.165, 1.54) is 0 Å². The Kier molecular flexibility index (Phi) is 6.19. The predicted octanol–water partition coefficient (Wildman–Crippen LogP) is 1.14. The molecule has 1 aliphatic rings. The monoisotopic (exact) mass is 376 g/mol. The molecular weight excluding hydrogens is 356 g/mol. The largest absolute Gasteiger partial charge is 0.374 e. The lowest BCUT2D eigenvalue weighted by molar-refractivity contribution is -0.0241. The molecule has 5 nitrogen and oxygen atoms in total. The molecule has 118 valence electrons. The Balaban J connectivity index is 1.91. The molecule has 0 bridgehead atoms. The summed E-state index contributed by atoms with van der Waals surface area (Å²) in [7, 11) is -1.34. The van der Waals surface area contributed by atoms with Gasteiger partial charge in [0.1, 0.15) is 0 Å². The first-order valence-electron chi connectivity index (χ1n) is 6.98. The molecule has 1 fully saturated rings. The molecule has 0 aliphatic carbocycles. The molecule has 1 aromatic carbocycles. The van der Waals surface area contributed by atoms with Crippen LogP contribution in [0.4, 0.5) is 0 Å². The number of nitrogens with zero attached hydrogens (tertiary/aromatic N) is 1. The molecule has 1 aliphatic heterocycles. The summed E-state index contributed by atoms with van der Waals surface area (Å²) in [5, 5.41) is 3.09. The molecule has 0 spiro atoms. The van der Waals surface area contributed by atoms with Crippen LogP contribution in [0.1, 0.15) is 0 Å². The molecular formula is C14H21BrN2O3S. The van der Waals surface area contributed by atoms with Crippen LogP contribution in [0.25, 0.3) is 0 Å². The molecule has 21 heavy (non-hydrogen) atoms. The Hall–Kier alpha value is -0.470. The minimum absolute atomic E-state index is 0.138. The fourth-order valence-electron chi connectivity index (χ4n) is 2.34. The molecule has 1 unspecified atom stereocenters. The molecule has 0 amide bonds. The molecule has 1 saturated heterocycles. The third kappa shape index (κ3) is 5.03. The van der Waals surface area contributed by atoms with E-state index in [9.17, 15) is 8.42 Å². The highest BCUT2D eigenvalue weighted by Crippen LogP contribution is 2.16. The Morgan fingerprint density at radius 1 is 1.38 bits per heavy atom. The normalized spacial score (nSPS) is 20.6. The summed E-state index contributed by atoms with van der Waals surface area (Å²) in [5.41, 5.74) is 0. The number of benzene rings is 1. The van der Waals surface area contributed by atoms with Crippen molar-refractivity contribution in [1.82, 2.24) is 10.2 Å².